The average Bonchev–Trinajstić information content (AvgIpc) is 2.63. The second-order valence-corrected chi connectivity index (χ2v) is 8.60. The van der Waals surface area contributed by atoms with Crippen molar-refractivity contribution in [2.75, 3.05) is 6.54 Å². The van der Waals surface area contributed by atoms with E-state index in [2.05, 4.69) is 6.92 Å². The van der Waals surface area contributed by atoms with Gasteiger partial charge in [0.1, 0.15) is 0 Å². The summed E-state index contributed by atoms with van der Waals surface area (Å²) in [5.74, 6) is -0.0318. The van der Waals surface area contributed by atoms with E-state index in [0.29, 0.717) is 16.0 Å². The molecule has 2 aromatic carbocycles. The van der Waals surface area contributed by atoms with Crippen molar-refractivity contribution < 1.29 is 13.2 Å². The normalized spacial score (nSPS) is 18.1. The summed E-state index contributed by atoms with van der Waals surface area (Å²) in [7, 11) is -3.37. The fourth-order valence-corrected chi connectivity index (χ4v) is 4.61. The molecule has 0 spiro atoms. The van der Waals surface area contributed by atoms with Gasteiger partial charge in [0, 0.05) is 18.2 Å². The van der Waals surface area contributed by atoms with Crippen molar-refractivity contribution in [3.63, 3.8) is 0 Å². The molecule has 1 atom stereocenters. The molecule has 0 N–H and O–H groups in total. The molecule has 5 heteroatoms. The fourth-order valence-electron chi connectivity index (χ4n) is 3.24. The van der Waals surface area contributed by atoms with Gasteiger partial charge in [0.25, 0.3) is 5.91 Å². The predicted octanol–water partition coefficient (Wildman–Crippen LogP) is 3.68. The van der Waals surface area contributed by atoms with Crippen LogP contribution in [0.25, 0.3) is 0 Å². The van der Waals surface area contributed by atoms with Crippen LogP contribution in [0.4, 0.5) is 0 Å². The SMILES string of the molecule is CC1CCCCN1C(=O)c1ccc(CS(=O)(=O)c2ccccc2)cc1. The second-order valence-electron chi connectivity index (χ2n) is 6.61. The lowest BCUT2D eigenvalue weighted by Gasteiger charge is -2.33. The van der Waals surface area contributed by atoms with E-state index in [1.165, 1.54) is 6.42 Å². The number of amides is 1. The summed E-state index contributed by atoms with van der Waals surface area (Å²) in [4.78, 5) is 14.9. The Morgan fingerprint density at radius 1 is 1.04 bits per heavy atom. The highest BCUT2D eigenvalue weighted by atomic mass is 32.2. The van der Waals surface area contributed by atoms with E-state index in [-0.39, 0.29) is 17.7 Å². The molecule has 1 unspecified atom stereocenters. The Balaban J connectivity index is 1.73. The number of sulfone groups is 1. The van der Waals surface area contributed by atoms with Crippen molar-refractivity contribution in [1.29, 1.82) is 0 Å². The third-order valence-electron chi connectivity index (χ3n) is 4.72. The lowest BCUT2D eigenvalue weighted by atomic mass is 10.0. The summed E-state index contributed by atoms with van der Waals surface area (Å²) < 4.78 is 24.9. The molecular weight excluding hydrogens is 334 g/mol. The van der Waals surface area contributed by atoms with Gasteiger partial charge in [0.2, 0.25) is 0 Å². The molecule has 1 saturated heterocycles. The van der Waals surface area contributed by atoms with E-state index in [4.69, 9.17) is 0 Å². The van der Waals surface area contributed by atoms with E-state index in [1.807, 2.05) is 4.90 Å². The molecule has 0 aromatic heterocycles. The van der Waals surface area contributed by atoms with Gasteiger partial charge in [-0.05, 0) is 56.0 Å². The first-order chi connectivity index (χ1) is 12.0. The topological polar surface area (TPSA) is 54.5 Å². The van der Waals surface area contributed by atoms with Gasteiger partial charge in [0.15, 0.2) is 9.84 Å². The van der Waals surface area contributed by atoms with E-state index in [1.54, 1.807) is 54.6 Å². The lowest BCUT2D eigenvalue weighted by molar-refractivity contribution is 0.0635. The molecule has 1 amide bonds. The van der Waals surface area contributed by atoms with Crippen molar-refractivity contribution in [3.8, 4) is 0 Å². The maximum atomic E-state index is 12.6. The first kappa shape index (κ1) is 17.7. The van der Waals surface area contributed by atoms with E-state index < -0.39 is 9.84 Å². The summed E-state index contributed by atoms with van der Waals surface area (Å²) in [6.07, 6.45) is 3.25. The van der Waals surface area contributed by atoms with Crippen LogP contribution in [0.2, 0.25) is 0 Å². The number of piperidine rings is 1. The minimum atomic E-state index is -3.37. The number of carbonyl (C=O) groups excluding carboxylic acids is 1. The molecular formula is C20H23NO3S. The summed E-state index contributed by atoms with van der Waals surface area (Å²) in [6, 6.07) is 15.6. The van der Waals surface area contributed by atoms with Gasteiger partial charge in [-0.1, -0.05) is 30.3 Å². The second kappa shape index (κ2) is 7.40. The molecule has 0 aliphatic carbocycles. The molecule has 132 valence electrons. The summed E-state index contributed by atoms with van der Waals surface area (Å²) >= 11 is 0. The molecule has 25 heavy (non-hydrogen) atoms. The summed E-state index contributed by atoms with van der Waals surface area (Å²) in [5.41, 5.74) is 1.31. The third-order valence-corrected chi connectivity index (χ3v) is 6.43. The van der Waals surface area contributed by atoms with Gasteiger partial charge in [0.05, 0.1) is 10.6 Å². The van der Waals surface area contributed by atoms with Gasteiger partial charge in [-0.15, -0.1) is 0 Å². The molecule has 0 radical (unpaired) electrons. The molecule has 0 saturated carbocycles. The smallest absolute Gasteiger partial charge is 0.254 e. The van der Waals surface area contributed by atoms with Crippen molar-refractivity contribution in [3.05, 3.63) is 65.7 Å². The predicted molar refractivity (Wildman–Crippen MR) is 98.1 cm³/mol. The average molecular weight is 357 g/mol. The van der Waals surface area contributed by atoms with Crippen molar-refractivity contribution in [2.24, 2.45) is 0 Å². The minimum absolute atomic E-state index is 0.0321. The van der Waals surface area contributed by atoms with Crippen LogP contribution in [0.5, 0.6) is 0 Å². The highest BCUT2D eigenvalue weighted by molar-refractivity contribution is 7.90. The highest BCUT2D eigenvalue weighted by Gasteiger charge is 2.24. The fraction of sp³-hybridized carbons (Fsp3) is 0.350. The van der Waals surface area contributed by atoms with Crippen molar-refractivity contribution >= 4 is 15.7 Å². The van der Waals surface area contributed by atoms with Gasteiger partial charge in [-0.3, -0.25) is 4.79 Å². The zero-order valence-corrected chi connectivity index (χ0v) is 15.2. The summed E-state index contributed by atoms with van der Waals surface area (Å²) in [5, 5.41) is 0. The van der Waals surface area contributed by atoms with Crippen LogP contribution in [0, 0.1) is 0 Å². The lowest BCUT2D eigenvalue weighted by Crippen LogP contribution is -2.42. The Morgan fingerprint density at radius 2 is 1.72 bits per heavy atom. The van der Waals surface area contributed by atoms with Gasteiger partial charge in [-0.2, -0.15) is 0 Å². The van der Waals surface area contributed by atoms with Crippen molar-refractivity contribution in [2.45, 2.75) is 42.9 Å². The Labute approximate surface area is 149 Å². The van der Waals surface area contributed by atoms with Crippen LogP contribution in [-0.2, 0) is 15.6 Å². The summed E-state index contributed by atoms with van der Waals surface area (Å²) in [6.45, 7) is 2.88. The van der Waals surface area contributed by atoms with Crippen LogP contribution in [0.1, 0.15) is 42.1 Å². The largest absolute Gasteiger partial charge is 0.336 e. The molecule has 4 nitrogen and oxygen atoms in total. The molecule has 1 heterocycles. The molecule has 1 fully saturated rings. The zero-order chi connectivity index (χ0) is 17.9. The van der Waals surface area contributed by atoms with Gasteiger partial charge in [-0.25, -0.2) is 8.42 Å². The van der Waals surface area contributed by atoms with Gasteiger partial charge >= 0.3 is 0 Å². The van der Waals surface area contributed by atoms with E-state index in [9.17, 15) is 13.2 Å². The number of nitrogens with zero attached hydrogens (tertiary/aromatic N) is 1. The number of hydrogen-bond acceptors (Lipinski definition) is 3. The van der Waals surface area contributed by atoms with E-state index >= 15 is 0 Å². The van der Waals surface area contributed by atoms with Crippen LogP contribution in [0.3, 0.4) is 0 Å². The molecule has 1 aliphatic rings. The zero-order valence-electron chi connectivity index (χ0n) is 14.4. The Hall–Kier alpha value is -2.14. The standard InChI is InChI=1S/C20H23NO3S/c1-16-7-5-6-14-21(16)20(22)18-12-10-17(11-13-18)15-25(23,24)19-8-3-2-4-9-19/h2-4,8-13,16H,5-7,14-15H2,1H3. The minimum Gasteiger partial charge on any atom is -0.336 e. The van der Waals surface area contributed by atoms with Crippen LogP contribution in [0.15, 0.2) is 59.5 Å². The number of benzene rings is 2. The first-order valence-corrected chi connectivity index (χ1v) is 10.3. The van der Waals surface area contributed by atoms with E-state index in [0.717, 1.165) is 19.4 Å². The molecule has 1 aliphatic heterocycles. The Kier molecular flexibility index (Phi) is 5.23. The number of rotatable bonds is 4. The third kappa shape index (κ3) is 4.10. The van der Waals surface area contributed by atoms with Crippen LogP contribution < -0.4 is 0 Å². The molecule has 3 rings (SSSR count). The number of carbonyl (C=O) groups is 1. The quantitative estimate of drug-likeness (QED) is 0.839. The number of hydrogen-bond donors (Lipinski definition) is 0. The van der Waals surface area contributed by atoms with Crippen LogP contribution in [-0.4, -0.2) is 31.8 Å². The number of likely N-dealkylation sites (tertiary alicyclic amines) is 1. The monoisotopic (exact) mass is 357 g/mol. The maximum Gasteiger partial charge on any atom is 0.254 e. The maximum absolute atomic E-state index is 12.6. The molecule has 0 bridgehead atoms. The van der Waals surface area contributed by atoms with Crippen LogP contribution >= 0.6 is 0 Å². The Bertz CT molecular complexity index is 829. The Morgan fingerprint density at radius 3 is 2.36 bits per heavy atom. The van der Waals surface area contributed by atoms with Crippen molar-refractivity contribution in [1.82, 2.24) is 4.90 Å². The van der Waals surface area contributed by atoms with Gasteiger partial charge < -0.3 is 4.90 Å². The first-order valence-electron chi connectivity index (χ1n) is 8.65. The highest BCUT2D eigenvalue weighted by Crippen LogP contribution is 2.21. The molecule has 2 aromatic rings.